The fraction of sp³-hybridized carbons (Fsp3) is 0.385. The van der Waals surface area contributed by atoms with E-state index < -0.39 is 17.7 Å². The van der Waals surface area contributed by atoms with Gasteiger partial charge in [0.2, 0.25) is 0 Å². The number of aliphatic hydroxyl groups excluding tert-OH is 2. The van der Waals surface area contributed by atoms with Crippen molar-refractivity contribution in [2.75, 3.05) is 39.5 Å². The molecule has 0 amide bonds. The molecule has 5 rings (SSSR count). The number of aliphatic hydroxyl groups is 2. The molecule has 8 nitrogen and oxygen atoms in total. The highest BCUT2D eigenvalue weighted by Gasteiger charge is 2.22. The lowest BCUT2D eigenvalue weighted by molar-refractivity contribution is 0.170. The first-order chi connectivity index (χ1) is 24.7. The van der Waals surface area contributed by atoms with Crippen LogP contribution in [0.4, 0.5) is 8.78 Å². The van der Waals surface area contributed by atoms with Crippen LogP contribution in [0.5, 0.6) is 17.2 Å². The lowest BCUT2D eigenvalue weighted by Gasteiger charge is -2.19. The summed E-state index contributed by atoms with van der Waals surface area (Å²) < 4.78 is 51.4. The summed E-state index contributed by atoms with van der Waals surface area (Å²) in [5.74, 6) is -0.259. The molecule has 1 atom stereocenters. The van der Waals surface area contributed by atoms with Crippen molar-refractivity contribution in [3.63, 3.8) is 0 Å². The molecule has 0 saturated carbocycles. The van der Waals surface area contributed by atoms with E-state index in [-0.39, 0.29) is 33.0 Å². The summed E-state index contributed by atoms with van der Waals surface area (Å²) in [4.78, 5) is 2.42. The highest BCUT2D eigenvalue weighted by Crippen LogP contribution is 2.36. The Kier molecular flexibility index (Phi) is 14.7. The van der Waals surface area contributed by atoms with Crippen molar-refractivity contribution in [3.05, 3.63) is 111 Å². The highest BCUT2D eigenvalue weighted by atomic mass is 127. The van der Waals surface area contributed by atoms with Gasteiger partial charge in [0, 0.05) is 37.8 Å². The van der Waals surface area contributed by atoms with Gasteiger partial charge < -0.3 is 37.7 Å². The van der Waals surface area contributed by atoms with Crippen molar-refractivity contribution in [2.45, 2.75) is 58.6 Å². The maximum Gasteiger partial charge on any atom is 0.159 e. The first-order valence-corrected chi connectivity index (χ1v) is 18.2. The summed E-state index contributed by atoms with van der Waals surface area (Å²) in [5, 5.41) is 22.4. The third-order valence-corrected chi connectivity index (χ3v) is 10.2. The Balaban J connectivity index is 1.28. The molecule has 1 aliphatic rings. The van der Waals surface area contributed by atoms with E-state index in [1.165, 1.54) is 6.07 Å². The smallest absolute Gasteiger partial charge is 0.159 e. The molecule has 0 radical (unpaired) electrons. The van der Waals surface area contributed by atoms with Gasteiger partial charge in [-0.25, -0.2) is 8.78 Å². The summed E-state index contributed by atoms with van der Waals surface area (Å²) in [6.07, 6.45) is 2.33. The number of hydrogen-bond acceptors (Lipinski definition) is 8. The van der Waals surface area contributed by atoms with Crippen molar-refractivity contribution in [1.29, 1.82) is 0 Å². The van der Waals surface area contributed by atoms with E-state index in [0.29, 0.717) is 40.4 Å². The molecule has 1 heterocycles. The highest BCUT2D eigenvalue weighted by molar-refractivity contribution is 14.1. The molecule has 0 unspecified atom stereocenters. The van der Waals surface area contributed by atoms with Gasteiger partial charge in [0.15, 0.2) is 11.6 Å². The van der Waals surface area contributed by atoms with Gasteiger partial charge in [-0.3, -0.25) is 0 Å². The summed E-state index contributed by atoms with van der Waals surface area (Å²) in [5.41, 5.74) is 6.33. The Bertz CT molecular complexity index is 1760. The monoisotopic (exact) mass is 836 g/mol. The third-order valence-electron chi connectivity index (χ3n) is 9.15. The van der Waals surface area contributed by atoms with Crippen molar-refractivity contribution in [3.8, 4) is 28.4 Å². The van der Waals surface area contributed by atoms with Crippen molar-refractivity contribution >= 4 is 34.6 Å². The van der Waals surface area contributed by atoms with Crippen LogP contribution in [0.2, 0.25) is 5.02 Å². The van der Waals surface area contributed by atoms with Gasteiger partial charge in [0.25, 0.3) is 0 Å². The van der Waals surface area contributed by atoms with Crippen LogP contribution in [0.25, 0.3) is 11.1 Å². The van der Waals surface area contributed by atoms with E-state index in [1.807, 2.05) is 47.3 Å². The maximum absolute atomic E-state index is 13.9. The standard InChI is InChI=1S/C39H44ClF2IN2O6/c1-25-28(6-3-7-32(25)33-8-4-9-37(26(33)2)48-15-5-13-45-14-12-31(20-45)51-43)24-50-39-18-38(49-23-27-10-11-35(41)36(42)16-27)29(17-34(39)40)19-44-30(21-46)22-47/h3-4,6-11,16-18,30-31,44,46-47H,5,12-15,19-24H2,1-2H3/t31-/m1/s1. The molecule has 12 heteroatoms. The van der Waals surface area contributed by atoms with Crippen molar-refractivity contribution < 1.29 is 36.3 Å². The number of nitrogens with one attached hydrogen (secondary N) is 1. The van der Waals surface area contributed by atoms with E-state index in [4.69, 9.17) is 28.9 Å². The second-order valence-corrected chi connectivity index (χ2v) is 13.6. The second-order valence-electron chi connectivity index (χ2n) is 12.7. The van der Waals surface area contributed by atoms with E-state index in [1.54, 1.807) is 12.1 Å². The van der Waals surface area contributed by atoms with Crippen LogP contribution in [0.3, 0.4) is 0 Å². The molecule has 0 spiro atoms. The largest absolute Gasteiger partial charge is 0.493 e. The summed E-state index contributed by atoms with van der Waals surface area (Å²) in [6, 6.07) is 18.6. The van der Waals surface area contributed by atoms with Crippen LogP contribution in [-0.4, -0.2) is 66.7 Å². The second kappa shape index (κ2) is 19.2. The Morgan fingerprint density at radius 3 is 2.33 bits per heavy atom. The zero-order valence-electron chi connectivity index (χ0n) is 28.8. The molecule has 1 saturated heterocycles. The average molecular weight is 837 g/mol. The van der Waals surface area contributed by atoms with Gasteiger partial charge in [-0.1, -0.05) is 48.0 Å². The number of rotatable bonds is 18. The molecular weight excluding hydrogens is 793 g/mol. The molecule has 51 heavy (non-hydrogen) atoms. The molecule has 0 bridgehead atoms. The predicted octanol–water partition coefficient (Wildman–Crippen LogP) is 7.71. The van der Waals surface area contributed by atoms with Crippen LogP contribution >= 0.6 is 34.6 Å². The number of benzene rings is 4. The van der Waals surface area contributed by atoms with Crippen LogP contribution < -0.4 is 19.5 Å². The first-order valence-electron chi connectivity index (χ1n) is 17.0. The zero-order valence-corrected chi connectivity index (χ0v) is 31.7. The van der Waals surface area contributed by atoms with E-state index in [2.05, 4.69) is 36.2 Å². The zero-order chi connectivity index (χ0) is 36.3. The van der Waals surface area contributed by atoms with Gasteiger partial charge in [-0.2, -0.15) is 0 Å². The molecule has 3 N–H and O–H groups in total. The molecule has 0 aromatic heterocycles. The quantitative estimate of drug-likeness (QED) is 0.0694. The fourth-order valence-electron chi connectivity index (χ4n) is 6.08. The minimum atomic E-state index is -0.965. The van der Waals surface area contributed by atoms with Crippen LogP contribution in [0.1, 0.15) is 40.7 Å². The SMILES string of the molecule is Cc1c(COc2cc(OCc3ccc(F)c(F)c3)c(CNC(CO)CO)cc2Cl)cccc1-c1cccc(OCCCN2CC[C@@H](OI)C2)c1C. The van der Waals surface area contributed by atoms with Crippen molar-refractivity contribution in [2.24, 2.45) is 0 Å². The molecular formula is C39H44ClF2IN2O6. The minimum absolute atomic E-state index is 0.0367. The van der Waals surface area contributed by atoms with Crippen LogP contribution in [-0.2, 0) is 22.8 Å². The first kappa shape index (κ1) is 39.2. The Morgan fingerprint density at radius 1 is 0.863 bits per heavy atom. The summed E-state index contributed by atoms with van der Waals surface area (Å²) in [6.45, 7) is 7.67. The number of likely N-dealkylation sites (tertiary alicyclic amines) is 1. The number of nitrogens with zero attached hydrogens (tertiary/aromatic N) is 1. The summed E-state index contributed by atoms with van der Waals surface area (Å²) >= 11 is 8.68. The Labute approximate surface area is 317 Å². The molecule has 4 aromatic carbocycles. The maximum atomic E-state index is 13.9. The lowest BCUT2D eigenvalue weighted by Crippen LogP contribution is -2.35. The number of halogens is 4. The van der Waals surface area contributed by atoms with Crippen LogP contribution in [0.15, 0.2) is 66.7 Å². The topological polar surface area (TPSA) is 92.7 Å². The fourth-order valence-corrected chi connectivity index (χ4v) is 6.74. The molecule has 4 aromatic rings. The lowest BCUT2D eigenvalue weighted by atomic mass is 9.93. The van der Waals surface area contributed by atoms with Gasteiger partial charge in [-0.15, -0.1) is 0 Å². The molecule has 1 aliphatic heterocycles. The van der Waals surface area contributed by atoms with Gasteiger partial charge in [-0.05, 0) is 84.3 Å². The molecule has 0 aliphatic carbocycles. The van der Waals surface area contributed by atoms with Gasteiger partial charge >= 0.3 is 0 Å². The summed E-state index contributed by atoms with van der Waals surface area (Å²) in [7, 11) is 0. The van der Waals surface area contributed by atoms with E-state index in [9.17, 15) is 19.0 Å². The van der Waals surface area contributed by atoms with E-state index in [0.717, 1.165) is 78.2 Å². The predicted molar refractivity (Wildman–Crippen MR) is 203 cm³/mol. The normalized spacial score (nSPS) is 14.7. The van der Waals surface area contributed by atoms with Gasteiger partial charge in [0.05, 0.1) is 37.0 Å². The Morgan fingerprint density at radius 2 is 1.61 bits per heavy atom. The van der Waals surface area contributed by atoms with E-state index >= 15 is 0 Å². The third kappa shape index (κ3) is 10.5. The average Bonchev–Trinajstić information content (AvgIpc) is 3.60. The molecule has 1 fully saturated rings. The van der Waals surface area contributed by atoms with Crippen LogP contribution in [0, 0.1) is 25.5 Å². The molecule has 274 valence electrons. The number of ether oxygens (including phenoxy) is 3. The van der Waals surface area contributed by atoms with Gasteiger partial charge in [0.1, 0.15) is 53.5 Å². The number of hydrogen-bond donors (Lipinski definition) is 3. The Hall–Kier alpha value is -3.04. The van der Waals surface area contributed by atoms with Crippen molar-refractivity contribution in [1.82, 2.24) is 10.2 Å². The minimum Gasteiger partial charge on any atom is -0.493 e.